The molecule has 0 saturated heterocycles. The van der Waals surface area contributed by atoms with Crippen molar-refractivity contribution in [2.75, 3.05) is 17.9 Å². The molecule has 2 N–H and O–H groups in total. The Morgan fingerprint density at radius 3 is 2.39 bits per heavy atom. The van der Waals surface area contributed by atoms with E-state index in [0.717, 1.165) is 23.3 Å². The Balaban J connectivity index is 1.64. The van der Waals surface area contributed by atoms with Gasteiger partial charge in [-0.05, 0) is 67.8 Å². The van der Waals surface area contributed by atoms with Gasteiger partial charge in [0.1, 0.15) is 17.3 Å². The molecule has 0 aliphatic rings. The summed E-state index contributed by atoms with van der Waals surface area (Å²) in [7, 11) is -3.99. The number of hydrogen-bond donors (Lipinski definition) is 2. The molecule has 0 fully saturated rings. The van der Waals surface area contributed by atoms with Crippen molar-refractivity contribution in [2.24, 2.45) is 0 Å². The summed E-state index contributed by atoms with van der Waals surface area (Å²) >= 11 is 6.16. The summed E-state index contributed by atoms with van der Waals surface area (Å²) in [6.45, 7) is 6.37. The highest BCUT2D eigenvalue weighted by atomic mass is 35.5. The van der Waals surface area contributed by atoms with E-state index in [1.54, 1.807) is 6.07 Å². The summed E-state index contributed by atoms with van der Waals surface area (Å²) in [5.41, 5.74) is 3.67. The lowest BCUT2D eigenvalue weighted by atomic mass is 10.1. The summed E-state index contributed by atoms with van der Waals surface area (Å²) in [4.78, 5) is 12.4. The number of nitrogens with one attached hydrogen (secondary N) is 2. The fourth-order valence-corrected chi connectivity index (χ4v) is 4.89. The number of benzene rings is 3. The maximum absolute atomic E-state index is 13.0. The van der Waals surface area contributed by atoms with E-state index < -0.39 is 15.9 Å². The van der Waals surface area contributed by atoms with Crippen molar-refractivity contribution < 1.29 is 17.9 Å². The van der Waals surface area contributed by atoms with Gasteiger partial charge in [0.2, 0.25) is 0 Å². The monoisotopic (exact) mass is 486 g/mol. The van der Waals surface area contributed by atoms with E-state index in [9.17, 15) is 13.2 Å². The number of carbonyl (C=O) groups excluding carboxylic acids is 1. The number of rotatable bonds is 9. The van der Waals surface area contributed by atoms with Gasteiger partial charge in [0.25, 0.3) is 15.9 Å². The first kappa shape index (κ1) is 24.6. The van der Waals surface area contributed by atoms with Crippen LogP contribution >= 0.6 is 11.6 Å². The van der Waals surface area contributed by atoms with Gasteiger partial charge >= 0.3 is 0 Å². The molecule has 33 heavy (non-hydrogen) atoms. The molecule has 0 aliphatic carbocycles. The van der Waals surface area contributed by atoms with Crippen molar-refractivity contribution in [2.45, 2.75) is 32.1 Å². The van der Waals surface area contributed by atoms with Gasteiger partial charge in [-0.3, -0.25) is 9.52 Å². The number of anilines is 1. The molecule has 3 rings (SSSR count). The Hall–Kier alpha value is -3.03. The first-order valence-electron chi connectivity index (χ1n) is 10.6. The largest absolute Gasteiger partial charge is 0.492 e. The van der Waals surface area contributed by atoms with Crippen LogP contribution in [0, 0.1) is 13.8 Å². The molecule has 0 bridgehead atoms. The minimum atomic E-state index is -3.99. The van der Waals surface area contributed by atoms with Gasteiger partial charge in [-0.25, -0.2) is 8.42 Å². The van der Waals surface area contributed by atoms with Crippen molar-refractivity contribution in [1.29, 1.82) is 0 Å². The molecule has 174 valence electrons. The standard InChI is InChI=1S/C25H27ClN2O4S/c1-4-19-6-9-21(10-7-19)32-14-13-27-25(29)20-8-11-22(26)24(16-20)33(30,31)28-23-12-5-17(2)15-18(23)3/h5-12,15-16,28H,4,13-14H2,1-3H3,(H,27,29). The van der Waals surface area contributed by atoms with E-state index in [1.807, 2.05) is 50.2 Å². The minimum Gasteiger partial charge on any atom is -0.492 e. The van der Waals surface area contributed by atoms with Gasteiger partial charge in [-0.15, -0.1) is 0 Å². The van der Waals surface area contributed by atoms with Gasteiger partial charge in [0.05, 0.1) is 17.3 Å². The SMILES string of the molecule is CCc1ccc(OCCNC(=O)c2ccc(Cl)c(S(=O)(=O)Nc3ccc(C)cc3C)c2)cc1. The van der Waals surface area contributed by atoms with Crippen LogP contribution in [0.3, 0.4) is 0 Å². The van der Waals surface area contributed by atoms with E-state index in [2.05, 4.69) is 17.0 Å². The Bertz CT molecular complexity index is 1240. The summed E-state index contributed by atoms with van der Waals surface area (Å²) in [5.74, 6) is 0.304. The molecule has 0 unspecified atom stereocenters. The lowest BCUT2D eigenvalue weighted by Crippen LogP contribution is -2.28. The molecule has 0 heterocycles. The molecule has 0 aliphatic heterocycles. The van der Waals surface area contributed by atoms with Crippen LogP contribution in [-0.4, -0.2) is 27.5 Å². The molecule has 8 heteroatoms. The second-order valence-corrected chi connectivity index (χ2v) is 9.73. The predicted octanol–water partition coefficient (Wildman–Crippen LogP) is 5.13. The lowest BCUT2D eigenvalue weighted by Gasteiger charge is -2.13. The summed E-state index contributed by atoms with van der Waals surface area (Å²) in [6.07, 6.45) is 0.954. The Morgan fingerprint density at radius 2 is 1.73 bits per heavy atom. The third kappa shape index (κ3) is 6.49. The number of hydrogen-bond acceptors (Lipinski definition) is 4. The van der Waals surface area contributed by atoms with Crippen molar-refractivity contribution in [3.05, 3.63) is 87.9 Å². The fraction of sp³-hybridized carbons (Fsp3) is 0.240. The number of amides is 1. The number of sulfonamides is 1. The smallest absolute Gasteiger partial charge is 0.263 e. The molecule has 3 aromatic carbocycles. The summed E-state index contributed by atoms with van der Waals surface area (Å²) in [5, 5.41) is 2.76. The van der Waals surface area contributed by atoms with Crippen LogP contribution in [-0.2, 0) is 16.4 Å². The maximum Gasteiger partial charge on any atom is 0.263 e. The molecule has 6 nitrogen and oxygen atoms in total. The van der Waals surface area contributed by atoms with Crippen molar-refractivity contribution in [1.82, 2.24) is 5.32 Å². The van der Waals surface area contributed by atoms with Crippen LogP contribution in [0.25, 0.3) is 0 Å². The highest BCUT2D eigenvalue weighted by molar-refractivity contribution is 7.92. The third-order valence-electron chi connectivity index (χ3n) is 5.10. The van der Waals surface area contributed by atoms with Gasteiger partial charge in [0.15, 0.2) is 0 Å². The van der Waals surface area contributed by atoms with Gasteiger partial charge in [-0.1, -0.05) is 48.4 Å². The van der Waals surface area contributed by atoms with Gasteiger partial charge in [0, 0.05) is 5.56 Å². The quantitative estimate of drug-likeness (QED) is 0.411. The Morgan fingerprint density at radius 1 is 1.00 bits per heavy atom. The second kappa shape index (κ2) is 10.7. The van der Waals surface area contributed by atoms with Crippen molar-refractivity contribution in [3.63, 3.8) is 0 Å². The van der Waals surface area contributed by atoms with Crippen LogP contribution in [0.2, 0.25) is 5.02 Å². The zero-order valence-electron chi connectivity index (χ0n) is 18.8. The molecule has 0 radical (unpaired) electrons. The molecule has 0 saturated carbocycles. The number of ether oxygens (including phenoxy) is 1. The molecule has 0 atom stereocenters. The van der Waals surface area contributed by atoms with Crippen molar-refractivity contribution in [3.8, 4) is 5.75 Å². The average Bonchev–Trinajstić information content (AvgIpc) is 2.79. The van der Waals surface area contributed by atoms with E-state index in [-0.39, 0.29) is 28.6 Å². The lowest BCUT2D eigenvalue weighted by molar-refractivity contribution is 0.0947. The first-order chi connectivity index (χ1) is 15.7. The zero-order chi connectivity index (χ0) is 24.0. The van der Waals surface area contributed by atoms with Crippen LogP contribution in [0.15, 0.2) is 65.6 Å². The number of halogens is 1. The highest BCUT2D eigenvalue weighted by Crippen LogP contribution is 2.26. The van der Waals surface area contributed by atoms with Gasteiger partial charge < -0.3 is 10.1 Å². The predicted molar refractivity (Wildman–Crippen MR) is 132 cm³/mol. The first-order valence-corrected chi connectivity index (χ1v) is 12.5. The normalized spacial score (nSPS) is 11.2. The van der Waals surface area contributed by atoms with E-state index in [0.29, 0.717) is 5.69 Å². The molecule has 3 aromatic rings. The summed E-state index contributed by atoms with van der Waals surface area (Å²) < 4.78 is 34.1. The van der Waals surface area contributed by atoms with Crippen molar-refractivity contribution >= 4 is 33.2 Å². The topological polar surface area (TPSA) is 84.5 Å². The zero-order valence-corrected chi connectivity index (χ0v) is 20.4. The molecule has 0 spiro atoms. The molecule has 1 amide bonds. The number of aryl methyl sites for hydroxylation is 3. The van der Waals surface area contributed by atoms with E-state index in [1.165, 1.54) is 23.8 Å². The minimum absolute atomic E-state index is 0.0303. The van der Waals surface area contributed by atoms with Crippen LogP contribution in [0.4, 0.5) is 5.69 Å². The van der Waals surface area contributed by atoms with Crippen LogP contribution < -0.4 is 14.8 Å². The third-order valence-corrected chi connectivity index (χ3v) is 6.94. The maximum atomic E-state index is 13.0. The van der Waals surface area contributed by atoms with E-state index >= 15 is 0 Å². The Labute approximate surface area is 200 Å². The molecular formula is C25H27ClN2O4S. The van der Waals surface area contributed by atoms with Crippen LogP contribution in [0.5, 0.6) is 5.75 Å². The van der Waals surface area contributed by atoms with Gasteiger partial charge in [-0.2, -0.15) is 0 Å². The second-order valence-electron chi connectivity index (χ2n) is 7.67. The Kier molecular flexibility index (Phi) is 8.00. The molecular weight excluding hydrogens is 460 g/mol. The van der Waals surface area contributed by atoms with Crippen LogP contribution in [0.1, 0.15) is 34.0 Å². The highest BCUT2D eigenvalue weighted by Gasteiger charge is 2.21. The average molecular weight is 487 g/mol. The fourth-order valence-electron chi connectivity index (χ4n) is 3.24. The number of carbonyl (C=O) groups is 1. The summed E-state index contributed by atoms with van der Waals surface area (Å²) in [6, 6.07) is 17.3. The molecule has 0 aromatic heterocycles. The van der Waals surface area contributed by atoms with E-state index in [4.69, 9.17) is 16.3 Å².